The highest BCUT2D eigenvalue weighted by atomic mass is 32.2. The van der Waals surface area contributed by atoms with E-state index in [2.05, 4.69) is 30.4 Å². The summed E-state index contributed by atoms with van der Waals surface area (Å²) in [7, 11) is 2.22. The molecule has 1 atom stereocenters. The van der Waals surface area contributed by atoms with E-state index in [-0.39, 0.29) is 0 Å². The van der Waals surface area contributed by atoms with Crippen LogP contribution in [0.2, 0.25) is 0 Å². The Bertz CT molecular complexity index is 186. The van der Waals surface area contributed by atoms with E-state index in [1.165, 1.54) is 25.0 Å². The van der Waals surface area contributed by atoms with E-state index >= 15 is 0 Å². The molecule has 1 heterocycles. The first-order valence-electron chi connectivity index (χ1n) is 6.79. The fourth-order valence-electron chi connectivity index (χ4n) is 2.26. The molecule has 1 aliphatic heterocycles. The van der Waals surface area contributed by atoms with Crippen molar-refractivity contribution in [1.82, 2.24) is 10.2 Å². The lowest BCUT2D eigenvalue weighted by Gasteiger charge is -2.28. The van der Waals surface area contributed by atoms with Gasteiger partial charge >= 0.3 is 0 Å². The molecule has 0 aromatic heterocycles. The van der Waals surface area contributed by atoms with Crippen molar-refractivity contribution in [3.8, 4) is 0 Å². The Kier molecular flexibility index (Phi) is 8.27. The van der Waals surface area contributed by atoms with Crippen LogP contribution in [0.4, 0.5) is 0 Å². The lowest BCUT2D eigenvalue weighted by atomic mass is 10.1. The van der Waals surface area contributed by atoms with Crippen molar-refractivity contribution in [2.45, 2.75) is 38.3 Å². The Morgan fingerprint density at radius 3 is 2.71 bits per heavy atom. The van der Waals surface area contributed by atoms with E-state index in [9.17, 15) is 0 Å². The molecule has 0 aromatic carbocycles. The van der Waals surface area contributed by atoms with Crippen molar-refractivity contribution in [2.24, 2.45) is 0 Å². The highest BCUT2D eigenvalue weighted by Gasteiger charge is 2.15. The van der Waals surface area contributed by atoms with Crippen LogP contribution >= 0.6 is 11.8 Å². The average Bonchev–Trinajstić information content (AvgIpc) is 2.37. The Morgan fingerprint density at radius 2 is 2.12 bits per heavy atom. The van der Waals surface area contributed by atoms with E-state index < -0.39 is 0 Å². The molecule has 1 unspecified atom stereocenters. The average molecular weight is 260 g/mol. The van der Waals surface area contributed by atoms with Gasteiger partial charge in [0.2, 0.25) is 0 Å². The molecule has 1 fully saturated rings. The van der Waals surface area contributed by atoms with Crippen LogP contribution in [0.25, 0.3) is 0 Å². The van der Waals surface area contributed by atoms with Crippen LogP contribution in [0, 0.1) is 0 Å². The molecule has 0 aromatic rings. The second-order valence-electron chi connectivity index (χ2n) is 4.82. The Hall–Kier alpha value is 0.230. The molecule has 3 nitrogen and oxygen atoms in total. The lowest BCUT2D eigenvalue weighted by molar-refractivity contribution is 0.0192. The van der Waals surface area contributed by atoms with E-state index in [1.807, 2.05) is 11.8 Å². The topological polar surface area (TPSA) is 24.5 Å². The van der Waals surface area contributed by atoms with Gasteiger partial charge in [-0.15, -0.1) is 0 Å². The first-order chi connectivity index (χ1) is 8.27. The highest BCUT2D eigenvalue weighted by Crippen LogP contribution is 2.10. The maximum Gasteiger partial charge on any atom is 0.0600 e. The van der Waals surface area contributed by atoms with Crippen molar-refractivity contribution in [2.75, 3.05) is 45.3 Å². The Labute approximate surface area is 111 Å². The summed E-state index contributed by atoms with van der Waals surface area (Å²) in [5, 5.41) is 3.36. The maximum atomic E-state index is 5.94. The van der Waals surface area contributed by atoms with Gasteiger partial charge in [-0.3, -0.25) is 0 Å². The molecule has 1 rings (SSSR count). The number of hydrogen-bond donors (Lipinski definition) is 1. The zero-order valence-corrected chi connectivity index (χ0v) is 12.4. The zero-order valence-electron chi connectivity index (χ0n) is 11.6. The summed E-state index contributed by atoms with van der Waals surface area (Å²) < 4.78 is 5.94. The molecule has 4 heteroatoms. The van der Waals surface area contributed by atoms with Crippen LogP contribution in [0.15, 0.2) is 0 Å². The summed E-state index contributed by atoms with van der Waals surface area (Å²) in [6.45, 7) is 6.44. The first kappa shape index (κ1) is 15.3. The Morgan fingerprint density at radius 1 is 1.41 bits per heavy atom. The van der Waals surface area contributed by atoms with Gasteiger partial charge in [0, 0.05) is 18.3 Å². The predicted octanol–water partition coefficient (Wildman–Crippen LogP) is 1.83. The van der Waals surface area contributed by atoms with E-state index in [0.29, 0.717) is 12.1 Å². The normalized spacial score (nSPS) is 19.8. The van der Waals surface area contributed by atoms with Crippen molar-refractivity contribution < 1.29 is 4.74 Å². The number of likely N-dealkylation sites (N-methyl/N-ethyl adjacent to an activating group) is 1. The standard InChI is InChI=1S/C13H28N2OS/c1-4-12(11-17-3)15(2)9-10-16-13-5-7-14-8-6-13/h12-14H,4-11H2,1-3H3. The molecule has 102 valence electrons. The summed E-state index contributed by atoms with van der Waals surface area (Å²) >= 11 is 1.93. The fourth-order valence-corrected chi connectivity index (χ4v) is 3.13. The van der Waals surface area contributed by atoms with Gasteiger partial charge < -0.3 is 15.0 Å². The monoisotopic (exact) mass is 260 g/mol. The van der Waals surface area contributed by atoms with Crippen molar-refractivity contribution in [1.29, 1.82) is 0 Å². The van der Waals surface area contributed by atoms with Gasteiger partial charge in [0.15, 0.2) is 0 Å². The molecular weight excluding hydrogens is 232 g/mol. The SMILES string of the molecule is CCC(CSC)N(C)CCOC1CCNCC1. The van der Waals surface area contributed by atoms with Crippen LogP contribution in [0.5, 0.6) is 0 Å². The molecule has 0 amide bonds. The molecule has 0 saturated carbocycles. The van der Waals surface area contributed by atoms with Crippen molar-refractivity contribution in [3.05, 3.63) is 0 Å². The number of nitrogens with one attached hydrogen (secondary N) is 1. The molecule has 1 aliphatic rings. The van der Waals surface area contributed by atoms with Crippen molar-refractivity contribution >= 4 is 11.8 Å². The summed E-state index contributed by atoms with van der Waals surface area (Å²) in [5.41, 5.74) is 0. The van der Waals surface area contributed by atoms with Gasteiger partial charge in [-0.2, -0.15) is 11.8 Å². The second kappa shape index (κ2) is 9.20. The summed E-state index contributed by atoms with van der Waals surface area (Å²) in [5.74, 6) is 1.22. The van der Waals surface area contributed by atoms with E-state index in [1.54, 1.807) is 0 Å². The van der Waals surface area contributed by atoms with Gasteiger partial charge in [0.05, 0.1) is 12.7 Å². The molecule has 0 spiro atoms. The van der Waals surface area contributed by atoms with Gasteiger partial charge in [-0.05, 0) is 45.7 Å². The molecule has 1 N–H and O–H groups in total. The number of piperidine rings is 1. The predicted molar refractivity (Wildman–Crippen MR) is 76.9 cm³/mol. The van der Waals surface area contributed by atoms with Crippen LogP contribution in [-0.2, 0) is 4.74 Å². The minimum atomic E-state index is 0.491. The number of rotatable bonds is 8. The minimum absolute atomic E-state index is 0.491. The lowest BCUT2D eigenvalue weighted by Crippen LogP contribution is -2.38. The van der Waals surface area contributed by atoms with Crippen LogP contribution in [0.1, 0.15) is 26.2 Å². The van der Waals surface area contributed by atoms with E-state index in [0.717, 1.165) is 26.2 Å². The second-order valence-corrected chi connectivity index (χ2v) is 5.73. The Balaban J connectivity index is 2.11. The van der Waals surface area contributed by atoms with E-state index in [4.69, 9.17) is 4.74 Å². The molecule has 17 heavy (non-hydrogen) atoms. The molecule has 0 aliphatic carbocycles. The summed E-state index contributed by atoms with van der Waals surface area (Å²) in [4.78, 5) is 2.44. The highest BCUT2D eigenvalue weighted by molar-refractivity contribution is 7.98. The number of ether oxygens (including phenoxy) is 1. The number of hydrogen-bond acceptors (Lipinski definition) is 4. The van der Waals surface area contributed by atoms with Crippen LogP contribution < -0.4 is 5.32 Å². The maximum absolute atomic E-state index is 5.94. The summed E-state index contributed by atoms with van der Waals surface area (Å²) in [6, 6.07) is 0.696. The number of nitrogens with zero attached hydrogens (tertiary/aromatic N) is 1. The van der Waals surface area contributed by atoms with Crippen LogP contribution in [0.3, 0.4) is 0 Å². The van der Waals surface area contributed by atoms with Gasteiger partial charge in [-0.25, -0.2) is 0 Å². The smallest absolute Gasteiger partial charge is 0.0600 e. The van der Waals surface area contributed by atoms with Gasteiger partial charge in [0.1, 0.15) is 0 Å². The molecule has 0 radical (unpaired) electrons. The third kappa shape index (κ3) is 6.09. The largest absolute Gasteiger partial charge is 0.377 e. The molecule has 1 saturated heterocycles. The molecule has 0 bridgehead atoms. The molecular formula is C13H28N2OS. The minimum Gasteiger partial charge on any atom is -0.377 e. The summed E-state index contributed by atoms with van der Waals surface area (Å²) in [6.07, 6.45) is 6.25. The third-order valence-electron chi connectivity index (χ3n) is 3.54. The van der Waals surface area contributed by atoms with Crippen molar-refractivity contribution in [3.63, 3.8) is 0 Å². The third-order valence-corrected chi connectivity index (χ3v) is 4.26. The quantitative estimate of drug-likeness (QED) is 0.719. The van der Waals surface area contributed by atoms with Gasteiger partial charge in [-0.1, -0.05) is 6.92 Å². The fraction of sp³-hybridized carbons (Fsp3) is 1.00. The van der Waals surface area contributed by atoms with Crippen LogP contribution in [-0.4, -0.2) is 62.3 Å². The van der Waals surface area contributed by atoms with Gasteiger partial charge in [0.25, 0.3) is 0 Å². The zero-order chi connectivity index (χ0) is 12.5. The first-order valence-corrected chi connectivity index (χ1v) is 8.18. The number of thioether (sulfide) groups is 1.